The molecular weight excluding hydrogens is 396 g/mol. The van der Waals surface area contributed by atoms with Crippen molar-refractivity contribution in [3.05, 3.63) is 70.6 Å². The number of oxazole rings is 1. The van der Waals surface area contributed by atoms with Crippen LogP contribution < -0.4 is 0 Å². The van der Waals surface area contributed by atoms with Crippen LogP contribution in [0.4, 0.5) is 0 Å². The molecule has 4 aromatic rings. The summed E-state index contributed by atoms with van der Waals surface area (Å²) >= 11 is 7.55. The van der Waals surface area contributed by atoms with Gasteiger partial charge in [-0.3, -0.25) is 4.79 Å². The van der Waals surface area contributed by atoms with E-state index in [4.69, 9.17) is 20.8 Å². The van der Waals surface area contributed by atoms with E-state index in [0.29, 0.717) is 29.5 Å². The number of aryl methyl sites for hydroxylation is 1. The molecule has 5 nitrogen and oxygen atoms in total. The first-order valence-corrected chi connectivity index (χ1v) is 10.1. The average Bonchev–Trinajstić information content (AvgIpc) is 3.33. The Labute approximate surface area is 171 Å². The summed E-state index contributed by atoms with van der Waals surface area (Å²) in [5.41, 5.74) is 1.87. The minimum absolute atomic E-state index is 0.0214. The zero-order valence-electron chi connectivity index (χ0n) is 14.9. The monoisotopic (exact) mass is 412 g/mol. The Balaban J connectivity index is 1.24. The minimum atomic E-state index is -0.271. The highest BCUT2D eigenvalue weighted by atomic mass is 35.5. The third-order valence-electron chi connectivity index (χ3n) is 4.15. The van der Waals surface area contributed by atoms with E-state index in [-0.39, 0.29) is 12.6 Å². The van der Waals surface area contributed by atoms with Gasteiger partial charge in [-0.15, -0.1) is 11.3 Å². The molecule has 0 aliphatic rings. The van der Waals surface area contributed by atoms with Crippen molar-refractivity contribution in [2.45, 2.75) is 25.9 Å². The van der Waals surface area contributed by atoms with Gasteiger partial charge in [-0.2, -0.15) is 0 Å². The Morgan fingerprint density at radius 2 is 1.96 bits per heavy atom. The average molecular weight is 413 g/mol. The molecule has 0 aliphatic heterocycles. The van der Waals surface area contributed by atoms with Crippen LogP contribution in [0.15, 0.2) is 59.1 Å². The third kappa shape index (κ3) is 4.58. The lowest BCUT2D eigenvalue weighted by atomic mass is 10.2. The van der Waals surface area contributed by atoms with E-state index in [9.17, 15) is 4.79 Å². The molecule has 0 N–H and O–H groups in total. The van der Waals surface area contributed by atoms with Gasteiger partial charge in [0.2, 0.25) is 5.89 Å². The second-order valence-corrected chi connectivity index (χ2v) is 7.77. The molecule has 0 fully saturated rings. The molecule has 142 valence electrons. The number of thiazole rings is 1. The van der Waals surface area contributed by atoms with E-state index in [1.165, 1.54) is 4.70 Å². The maximum atomic E-state index is 12.0. The molecule has 0 atom stereocenters. The topological polar surface area (TPSA) is 65.2 Å². The molecule has 2 aromatic heterocycles. The Morgan fingerprint density at radius 3 is 2.79 bits per heavy atom. The highest BCUT2D eigenvalue weighted by Crippen LogP contribution is 2.24. The van der Waals surface area contributed by atoms with Crippen LogP contribution in [0.5, 0.6) is 0 Å². The van der Waals surface area contributed by atoms with E-state index in [2.05, 4.69) is 16.0 Å². The predicted molar refractivity (Wildman–Crippen MR) is 109 cm³/mol. The second-order valence-electron chi connectivity index (χ2n) is 6.21. The van der Waals surface area contributed by atoms with Crippen LogP contribution in [0.3, 0.4) is 0 Å². The molecule has 7 heteroatoms. The fourth-order valence-electron chi connectivity index (χ4n) is 2.75. The zero-order chi connectivity index (χ0) is 19.3. The SMILES string of the molecule is O=C(CCCc1nc2ccccc2s1)OCc1ncc(-c2ccc(Cl)cc2)o1. The standard InChI is InChI=1S/C21H17ClN2O3S/c22-15-10-8-14(9-11-15)17-12-23-19(27-17)13-26-21(25)7-3-6-20-24-16-4-1-2-5-18(16)28-20/h1-2,4-5,8-12H,3,6-7,13H2. The molecule has 4 rings (SSSR count). The molecule has 2 aromatic carbocycles. The lowest BCUT2D eigenvalue weighted by molar-refractivity contribution is -0.145. The number of carbonyl (C=O) groups is 1. The molecule has 0 radical (unpaired) electrons. The van der Waals surface area contributed by atoms with Gasteiger partial charge >= 0.3 is 5.97 Å². The number of para-hydroxylation sites is 1. The quantitative estimate of drug-likeness (QED) is 0.366. The number of esters is 1. The van der Waals surface area contributed by atoms with E-state index < -0.39 is 0 Å². The van der Waals surface area contributed by atoms with E-state index in [1.807, 2.05) is 30.3 Å². The van der Waals surface area contributed by atoms with E-state index in [1.54, 1.807) is 29.7 Å². The number of hydrogen-bond acceptors (Lipinski definition) is 6. The number of carbonyl (C=O) groups excluding carboxylic acids is 1. The molecule has 0 saturated heterocycles. The van der Waals surface area contributed by atoms with Gasteiger partial charge < -0.3 is 9.15 Å². The number of fused-ring (bicyclic) bond motifs is 1. The molecule has 0 unspecified atom stereocenters. The summed E-state index contributed by atoms with van der Waals surface area (Å²) < 4.78 is 12.1. The van der Waals surface area contributed by atoms with Crippen LogP contribution in [0.1, 0.15) is 23.7 Å². The van der Waals surface area contributed by atoms with Crippen molar-refractivity contribution >= 4 is 39.1 Å². The van der Waals surface area contributed by atoms with Crippen molar-refractivity contribution in [1.82, 2.24) is 9.97 Å². The fourth-order valence-corrected chi connectivity index (χ4v) is 3.88. The maximum Gasteiger partial charge on any atom is 0.306 e. The number of ether oxygens (including phenoxy) is 1. The molecule has 0 bridgehead atoms. The molecular formula is C21H17ClN2O3S. The van der Waals surface area contributed by atoms with Crippen molar-refractivity contribution in [2.24, 2.45) is 0 Å². The van der Waals surface area contributed by atoms with Gasteiger partial charge in [0.05, 0.1) is 21.4 Å². The highest BCUT2D eigenvalue weighted by molar-refractivity contribution is 7.18. The first-order chi connectivity index (χ1) is 13.7. The van der Waals surface area contributed by atoms with E-state index in [0.717, 1.165) is 22.5 Å². The summed E-state index contributed by atoms with van der Waals surface area (Å²) in [5.74, 6) is 0.704. The highest BCUT2D eigenvalue weighted by Gasteiger charge is 2.10. The van der Waals surface area contributed by atoms with Crippen LogP contribution in [0.25, 0.3) is 21.5 Å². The molecule has 0 amide bonds. The van der Waals surface area contributed by atoms with Crippen molar-refractivity contribution in [3.63, 3.8) is 0 Å². The van der Waals surface area contributed by atoms with Crippen molar-refractivity contribution in [3.8, 4) is 11.3 Å². The van der Waals surface area contributed by atoms with Crippen LogP contribution in [-0.4, -0.2) is 15.9 Å². The number of rotatable bonds is 7. The van der Waals surface area contributed by atoms with Crippen LogP contribution in [0.2, 0.25) is 5.02 Å². The Bertz CT molecular complexity index is 1060. The van der Waals surface area contributed by atoms with Gasteiger partial charge in [-0.1, -0.05) is 23.7 Å². The van der Waals surface area contributed by atoms with Gasteiger partial charge in [-0.05, 0) is 49.2 Å². The maximum absolute atomic E-state index is 12.0. The Hall–Kier alpha value is -2.70. The van der Waals surface area contributed by atoms with Gasteiger partial charge in [-0.25, -0.2) is 9.97 Å². The lowest BCUT2D eigenvalue weighted by Gasteiger charge is -2.01. The smallest absolute Gasteiger partial charge is 0.306 e. The van der Waals surface area contributed by atoms with Crippen LogP contribution in [0, 0.1) is 0 Å². The number of aromatic nitrogens is 2. The normalized spacial score (nSPS) is 11.0. The Morgan fingerprint density at radius 1 is 1.14 bits per heavy atom. The van der Waals surface area contributed by atoms with Crippen molar-refractivity contribution in [1.29, 1.82) is 0 Å². The van der Waals surface area contributed by atoms with Gasteiger partial charge in [0.25, 0.3) is 0 Å². The molecule has 0 aliphatic carbocycles. The molecule has 0 saturated carbocycles. The summed E-state index contributed by atoms with van der Waals surface area (Å²) in [6, 6.07) is 15.3. The van der Waals surface area contributed by atoms with Gasteiger partial charge in [0.1, 0.15) is 0 Å². The summed E-state index contributed by atoms with van der Waals surface area (Å²) in [4.78, 5) is 20.7. The van der Waals surface area contributed by atoms with Crippen molar-refractivity contribution in [2.75, 3.05) is 0 Å². The molecule has 0 spiro atoms. The summed E-state index contributed by atoms with van der Waals surface area (Å²) in [6.45, 7) is 0.0214. The van der Waals surface area contributed by atoms with Crippen LogP contribution in [-0.2, 0) is 22.6 Å². The van der Waals surface area contributed by atoms with Crippen LogP contribution >= 0.6 is 22.9 Å². The Kier molecular flexibility index (Phi) is 5.69. The summed E-state index contributed by atoms with van der Waals surface area (Å²) in [5, 5.41) is 1.69. The second kappa shape index (κ2) is 8.54. The number of nitrogens with zero attached hydrogens (tertiary/aromatic N) is 2. The molecule has 28 heavy (non-hydrogen) atoms. The fraction of sp³-hybridized carbons (Fsp3) is 0.190. The lowest BCUT2D eigenvalue weighted by Crippen LogP contribution is -2.05. The first kappa shape index (κ1) is 18.7. The number of benzene rings is 2. The third-order valence-corrected chi connectivity index (χ3v) is 5.50. The largest absolute Gasteiger partial charge is 0.456 e. The predicted octanol–water partition coefficient (Wildman–Crippen LogP) is 5.67. The number of halogens is 1. The van der Waals surface area contributed by atoms with E-state index >= 15 is 0 Å². The zero-order valence-corrected chi connectivity index (χ0v) is 16.5. The summed E-state index contributed by atoms with van der Waals surface area (Å²) in [7, 11) is 0. The minimum Gasteiger partial charge on any atom is -0.456 e. The van der Waals surface area contributed by atoms with Crippen molar-refractivity contribution < 1.29 is 13.9 Å². The molecule has 2 heterocycles. The first-order valence-electron chi connectivity index (χ1n) is 8.88. The number of hydrogen-bond donors (Lipinski definition) is 0. The summed E-state index contributed by atoms with van der Waals surface area (Å²) in [6.07, 6.45) is 3.40. The van der Waals surface area contributed by atoms with Gasteiger partial charge in [0, 0.05) is 17.0 Å². The van der Waals surface area contributed by atoms with Gasteiger partial charge in [0.15, 0.2) is 12.4 Å².